The van der Waals surface area contributed by atoms with Crippen molar-refractivity contribution in [2.45, 2.75) is 72.5 Å². The lowest BCUT2D eigenvalue weighted by Crippen LogP contribution is -2.44. The zero-order valence-corrected chi connectivity index (χ0v) is 23.7. The smallest absolute Gasteiger partial charge is 0.425 e. The van der Waals surface area contributed by atoms with Gasteiger partial charge in [-0.05, 0) is 89.4 Å². The molecule has 3 rings (SSSR count). The molecule has 41 heavy (non-hydrogen) atoms. The number of carbonyl (C=O) groups excluding carboxylic acids is 2. The predicted octanol–water partition coefficient (Wildman–Crippen LogP) is 8.06. The summed E-state index contributed by atoms with van der Waals surface area (Å²) in [5.41, 5.74) is -1.53. The molecule has 0 atom stereocenters. The topological polar surface area (TPSA) is 90.9 Å². The molecule has 3 aromatic rings. The average Bonchev–Trinajstić information content (AvgIpc) is 2.82. The number of pyridine rings is 2. The number of amides is 2. The first-order valence-electron chi connectivity index (χ1n) is 12.5. The van der Waals surface area contributed by atoms with Gasteiger partial charge in [-0.15, -0.1) is 0 Å². The van der Waals surface area contributed by atoms with Crippen molar-refractivity contribution in [2.75, 3.05) is 4.90 Å². The fourth-order valence-corrected chi connectivity index (χ4v) is 3.51. The highest BCUT2D eigenvalue weighted by Crippen LogP contribution is 2.32. The number of halogens is 4. The fraction of sp³-hybridized carbons (Fsp3) is 0.379. The first-order valence-corrected chi connectivity index (χ1v) is 12.5. The van der Waals surface area contributed by atoms with Gasteiger partial charge >= 0.3 is 12.2 Å². The van der Waals surface area contributed by atoms with Crippen LogP contribution in [0.15, 0.2) is 42.9 Å². The number of nitrogens with zero attached hydrogens (tertiary/aromatic N) is 3. The lowest BCUT2D eigenvalue weighted by Gasteiger charge is -2.28. The van der Waals surface area contributed by atoms with Gasteiger partial charge in [0.1, 0.15) is 17.0 Å². The summed E-state index contributed by atoms with van der Waals surface area (Å²) in [4.78, 5) is 34.3. The van der Waals surface area contributed by atoms with E-state index < -0.39 is 52.8 Å². The molecule has 0 bridgehead atoms. The monoisotopic (exact) mass is 577 g/mol. The number of imide groups is 1. The third-order valence-corrected chi connectivity index (χ3v) is 5.40. The highest BCUT2D eigenvalue weighted by molar-refractivity contribution is 6.08. The van der Waals surface area contributed by atoms with Crippen LogP contribution in [-0.2, 0) is 15.9 Å². The normalized spacial score (nSPS) is 11.8. The third-order valence-electron chi connectivity index (χ3n) is 5.40. The van der Waals surface area contributed by atoms with E-state index in [-0.39, 0.29) is 23.5 Å². The summed E-state index contributed by atoms with van der Waals surface area (Å²) in [5.74, 6) is -2.76. The molecule has 1 aromatic carbocycles. The van der Waals surface area contributed by atoms with E-state index in [1.165, 1.54) is 24.7 Å². The minimum absolute atomic E-state index is 0.0432. The lowest BCUT2D eigenvalue weighted by molar-refractivity contribution is 0.0427. The van der Waals surface area contributed by atoms with Gasteiger partial charge in [0.25, 0.3) is 6.43 Å². The number of anilines is 1. The standard InChI is InChI=1S/C29H31F4N3O5/c1-16-19(14-34-15-22(16)39-21-9-8-18(24(32)33)13-20(21)30)12-17-10-11-35-25(23(17)31)36(26(37)40-28(2,3)4)27(38)41-29(5,6)7/h8-11,13-15,24H,12H2,1-7H3. The Kier molecular flexibility index (Phi) is 9.25. The number of rotatable bonds is 6. The molecule has 0 aliphatic carbocycles. The largest absolute Gasteiger partial charge is 0.452 e. The van der Waals surface area contributed by atoms with E-state index in [2.05, 4.69) is 9.97 Å². The van der Waals surface area contributed by atoms with Crippen LogP contribution in [0.5, 0.6) is 11.5 Å². The van der Waals surface area contributed by atoms with Crippen molar-refractivity contribution in [2.24, 2.45) is 0 Å². The Balaban J connectivity index is 1.96. The number of ether oxygens (including phenoxy) is 3. The summed E-state index contributed by atoms with van der Waals surface area (Å²) in [6, 6.07) is 4.17. The quantitative estimate of drug-likeness (QED) is 0.274. The summed E-state index contributed by atoms with van der Waals surface area (Å²) in [6.07, 6.45) is -1.31. The van der Waals surface area contributed by atoms with E-state index in [1.54, 1.807) is 48.5 Å². The van der Waals surface area contributed by atoms with Crippen LogP contribution in [0.4, 0.5) is 33.0 Å². The fourth-order valence-electron chi connectivity index (χ4n) is 3.51. The molecule has 0 spiro atoms. The molecule has 2 amide bonds. The zero-order chi connectivity index (χ0) is 30.7. The van der Waals surface area contributed by atoms with Crippen LogP contribution in [0.3, 0.4) is 0 Å². The molecule has 8 nitrogen and oxygen atoms in total. The molecule has 0 fully saturated rings. The first kappa shape index (κ1) is 31.3. The van der Waals surface area contributed by atoms with Gasteiger partial charge in [-0.2, -0.15) is 4.90 Å². The number of aromatic nitrogens is 2. The van der Waals surface area contributed by atoms with Crippen LogP contribution in [0.2, 0.25) is 0 Å². The highest BCUT2D eigenvalue weighted by atomic mass is 19.3. The van der Waals surface area contributed by atoms with Gasteiger partial charge in [0.05, 0.1) is 6.20 Å². The van der Waals surface area contributed by atoms with Crippen LogP contribution in [0.25, 0.3) is 0 Å². The molecular formula is C29H31F4N3O5. The van der Waals surface area contributed by atoms with Crippen LogP contribution in [0, 0.1) is 18.6 Å². The number of hydrogen-bond acceptors (Lipinski definition) is 7. The average molecular weight is 578 g/mol. The second-order valence-electron chi connectivity index (χ2n) is 11.1. The Morgan fingerprint density at radius 2 is 1.51 bits per heavy atom. The Hall–Kier alpha value is -4.22. The predicted molar refractivity (Wildman–Crippen MR) is 142 cm³/mol. The van der Waals surface area contributed by atoms with Crippen molar-refractivity contribution in [3.05, 3.63) is 76.7 Å². The van der Waals surface area contributed by atoms with E-state index in [9.17, 15) is 22.8 Å². The SMILES string of the molecule is Cc1c(Cc2ccnc(N(C(=O)OC(C)(C)C)C(=O)OC(C)(C)C)c2F)cncc1Oc1ccc(C(F)F)cc1F. The van der Waals surface area contributed by atoms with Crippen molar-refractivity contribution >= 4 is 18.0 Å². The molecule has 12 heteroatoms. The van der Waals surface area contributed by atoms with Crippen molar-refractivity contribution < 1.29 is 41.4 Å². The van der Waals surface area contributed by atoms with E-state index in [1.807, 2.05) is 0 Å². The van der Waals surface area contributed by atoms with Crippen LogP contribution in [-0.4, -0.2) is 33.4 Å². The van der Waals surface area contributed by atoms with Crippen molar-refractivity contribution in [3.63, 3.8) is 0 Å². The number of alkyl halides is 2. The molecule has 0 saturated heterocycles. The van der Waals surface area contributed by atoms with Crippen LogP contribution < -0.4 is 9.64 Å². The number of hydrogen-bond donors (Lipinski definition) is 0. The van der Waals surface area contributed by atoms with Crippen LogP contribution >= 0.6 is 0 Å². The molecule has 0 aliphatic rings. The summed E-state index contributed by atoms with van der Waals surface area (Å²) in [7, 11) is 0. The zero-order valence-electron chi connectivity index (χ0n) is 23.7. The van der Waals surface area contributed by atoms with Crippen molar-refractivity contribution in [1.29, 1.82) is 0 Å². The lowest BCUT2D eigenvalue weighted by atomic mass is 10.0. The maximum absolute atomic E-state index is 15.8. The number of carbonyl (C=O) groups is 2. The highest BCUT2D eigenvalue weighted by Gasteiger charge is 2.36. The van der Waals surface area contributed by atoms with E-state index in [4.69, 9.17) is 14.2 Å². The summed E-state index contributed by atoms with van der Waals surface area (Å²) < 4.78 is 72.1. The van der Waals surface area contributed by atoms with E-state index in [0.717, 1.165) is 12.1 Å². The number of benzene rings is 1. The molecule has 0 radical (unpaired) electrons. The first-order chi connectivity index (χ1) is 19.0. The molecular weight excluding hydrogens is 546 g/mol. The van der Waals surface area contributed by atoms with Gasteiger partial charge in [-0.1, -0.05) is 0 Å². The maximum Gasteiger partial charge on any atom is 0.425 e. The summed E-state index contributed by atoms with van der Waals surface area (Å²) >= 11 is 0. The minimum atomic E-state index is -2.84. The molecule has 0 aliphatic heterocycles. The minimum Gasteiger partial charge on any atom is -0.452 e. The van der Waals surface area contributed by atoms with E-state index >= 15 is 4.39 Å². The summed E-state index contributed by atoms with van der Waals surface area (Å²) in [5, 5.41) is 0. The van der Waals surface area contributed by atoms with Gasteiger partial charge in [0.15, 0.2) is 23.2 Å². The summed E-state index contributed by atoms with van der Waals surface area (Å²) in [6.45, 7) is 11.1. The van der Waals surface area contributed by atoms with Gasteiger partial charge in [-0.25, -0.2) is 32.1 Å². The Morgan fingerprint density at radius 3 is 2.05 bits per heavy atom. The second kappa shape index (κ2) is 12.1. The molecule has 220 valence electrons. The second-order valence-corrected chi connectivity index (χ2v) is 11.1. The van der Waals surface area contributed by atoms with Crippen LogP contribution in [0.1, 0.15) is 70.2 Å². The Morgan fingerprint density at radius 1 is 0.902 bits per heavy atom. The Bertz CT molecular complexity index is 1410. The molecule has 0 saturated carbocycles. The van der Waals surface area contributed by atoms with Crippen molar-refractivity contribution in [3.8, 4) is 11.5 Å². The van der Waals surface area contributed by atoms with Crippen molar-refractivity contribution in [1.82, 2.24) is 9.97 Å². The van der Waals surface area contributed by atoms with E-state index in [0.29, 0.717) is 22.1 Å². The molecule has 2 heterocycles. The van der Waals surface area contributed by atoms with Gasteiger partial charge in [0, 0.05) is 24.4 Å². The van der Waals surface area contributed by atoms with Gasteiger partial charge in [-0.3, -0.25) is 4.98 Å². The molecule has 2 aromatic heterocycles. The van der Waals surface area contributed by atoms with Gasteiger partial charge < -0.3 is 14.2 Å². The van der Waals surface area contributed by atoms with Gasteiger partial charge in [0.2, 0.25) is 0 Å². The molecule has 0 unspecified atom stereocenters. The Labute approximate surface area is 235 Å². The maximum atomic E-state index is 15.8. The molecule has 0 N–H and O–H groups in total. The third kappa shape index (κ3) is 8.15.